The van der Waals surface area contributed by atoms with Crippen molar-refractivity contribution in [2.45, 2.75) is 18.5 Å². The van der Waals surface area contributed by atoms with Gasteiger partial charge in [0.05, 0.1) is 5.75 Å². The Bertz CT molecular complexity index is 691. The molecule has 0 saturated carbocycles. The summed E-state index contributed by atoms with van der Waals surface area (Å²) in [4.78, 5) is 25.6. The highest BCUT2D eigenvalue weighted by molar-refractivity contribution is 7.99. The standard InChI is InChI=1S/C12H15N5O2S/c1-3-5-13-10(19)7-20-12-16-15-11-14-9(18)6-8(4-2)17(11)12/h3,6H,1,4-5,7H2,2H3,(H,13,19)(H,14,15,18). The van der Waals surface area contributed by atoms with Crippen molar-refractivity contribution in [3.8, 4) is 0 Å². The van der Waals surface area contributed by atoms with Gasteiger partial charge in [-0.1, -0.05) is 24.8 Å². The average molecular weight is 293 g/mol. The Labute approximate surface area is 119 Å². The lowest BCUT2D eigenvalue weighted by Crippen LogP contribution is -2.25. The van der Waals surface area contributed by atoms with Gasteiger partial charge in [0.1, 0.15) is 0 Å². The summed E-state index contributed by atoms with van der Waals surface area (Å²) >= 11 is 1.27. The van der Waals surface area contributed by atoms with Crippen LogP contribution in [0.1, 0.15) is 12.6 Å². The third-order valence-electron chi connectivity index (χ3n) is 2.59. The van der Waals surface area contributed by atoms with E-state index in [0.717, 1.165) is 5.69 Å². The van der Waals surface area contributed by atoms with Crippen LogP contribution in [0.4, 0.5) is 0 Å². The van der Waals surface area contributed by atoms with Crippen LogP contribution in [0.3, 0.4) is 0 Å². The van der Waals surface area contributed by atoms with E-state index in [-0.39, 0.29) is 17.2 Å². The zero-order chi connectivity index (χ0) is 14.5. The molecular formula is C12H15N5O2S. The highest BCUT2D eigenvalue weighted by atomic mass is 32.2. The van der Waals surface area contributed by atoms with Crippen molar-refractivity contribution < 1.29 is 4.79 Å². The number of fused-ring (bicyclic) bond motifs is 1. The Balaban J connectivity index is 2.20. The Kier molecular flexibility index (Phi) is 4.57. The predicted octanol–water partition coefficient (Wildman–Crippen LogP) is 0.374. The fourth-order valence-electron chi connectivity index (χ4n) is 1.69. The van der Waals surface area contributed by atoms with Gasteiger partial charge in [-0.3, -0.25) is 19.0 Å². The number of hydrogen-bond acceptors (Lipinski definition) is 5. The van der Waals surface area contributed by atoms with Crippen molar-refractivity contribution >= 4 is 23.4 Å². The first kappa shape index (κ1) is 14.3. The van der Waals surface area contributed by atoms with Gasteiger partial charge < -0.3 is 5.32 Å². The SMILES string of the molecule is C=CCNC(=O)CSc1nnc2[nH]c(=O)cc(CC)n12. The van der Waals surface area contributed by atoms with Crippen molar-refractivity contribution in [2.24, 2.45) is 0 Å². The van der Waals surface area contributed by atoms with Crippen LogP contribution in [0.2, 0.25) is 0 Å². The number of rotatable bonds is 6. The fraction of sp³-hybridized carbons (Fsp3) is 0.333. The van der Waals surface area contributed by atoms with Crippen LogP contribution in [0, 0.1) is 0 Å². The number of nitrogens with one attached hydrogen (secondary N) is 2. The number of carbonyl (C=O) groups is 1. The largest absolute Gasteiger partial charge is 0.352 e. The molecule has 0 aliphatic rings. The van der Waals surface area contributed by atoms with Crippen LogP contribution in [-0.4, -0.2) is 37.8 Å². The number of aromatic amines is 1. The lowest BCUT2D eigenvalue weighted by Gasteiger charge is -2.04. The zero-order valence-electron chi connectivity index (χ0n) is 11.0. The van der Waals surface area contributed by atoms with Gasteiger partial charge >= 0.3 is 0 Å². The van der Waals surface area contributed by atoms with Gasteiger partial charge in [0.15, 0.2) is 5.16 Å². The molecule has 0 atom stereocenters. The Morgan fingerprint density at radius 1 is 1.60 bits per heavy atom. The number of nitrogens with zero attached hydrogens (tertiary/aromatic N) is 3. The molecule has 2 N–H and O–H groups in total. The molecule has 2 heterocycles. The molecule has 0 spiro atoms. The summed E-state index contributed by atoms with van der Waals surface area (Å²) in [5.74, 6) is 0.522. The molecule has 0 fully saturated rings. The molecule has 2 aromatic rings. The summed E-state index contributed by atoms with van der Waals surface area (Å²) in [6.45, 7) is 5.91. The summed E-state index contributed by atoms with van der Waals surface area (Å²) in [6.07, 6.45) is 2.30. The van der Waals surface area contributed by atoms with Crippen LogP contribution in [-0.2, 0) is 11.2 Å². The van der Waals surface area contributed by atoms with Gasteiger partial charge in [-0.2, -0.15) is 0 Å². The van der Waals surface area contributed by atoms with E-state index in [1.807, 2.05) is 6.92 Å². The van der Waals surface area contributed by atoms with Crippen molar-refractivity contribution in [1.29, 1.82) is 0 Å². The van der Waals surface area contributed by atoms with Crippen molar-refractivity contribution in [2.75, 3.05) is 12.3 Å². The van der Waals surface area contributed by atoms with Crippen LogP contribution >= 0.6 is 11.8 Å². The Morgan fingerprint density at radius 2 is 2.40 bits per heavy atom. The maximum atomic E-state index is 11.5. The second-order valence-electron chi connectivity index (χ2n) is 4.00. The molecule has 0 radical (unpaired) electrons. The number of H-pyrrole nitrogens is 1. The summed E-state index contributed by atoms with van der Waals surface area (Å²) in [5, 5.41) is 11.2. The first-order chi connectivity index (χ1) is 9.65. The van der Waals surface area contributed by atoms with Crippen molar-refractivity contribution in [1.82, 2.24) is 24.9 Å². The number of thioether (sulfide) groups is 1. The molecule has 2 rings (SSSR count). The topological polar surface area (TPSA) is 92.2 Å². The third-order valence-corrected chi connectivity index (χ3v) is 3.52. The van der Waals surface area contributed by atoms with Crippen LogP contribution < -0.4 is 10.9 Å². The number of aromatic nitrogens is 4. The molecule has 0 aromatic carbocycles. The highest BCUT2D eigenvalue weighted by Gasteiger charge is 2.12. The van der Waals surface area contributed by atoms with Crippen molar-refractivity contribution in [3.63, 3.8) is 0 Å². The predicted molar refractivity (Wildman–Crippen MR) is 76.9 cm³/mol. The third kappa shape index (κ3) is 3.08. The van der Waals surface area contributed by atoms with E-state index in [0.29, 0.717) is 23.9 Å². The smallest absolute Gasteiger partial charge is 0.252 e. The second kappa shape index (κ2) is 6.38. The molecule has 0 aliphatic carbocycles. The van der Waals surface area contributed by atoms with Gasteiger partial charge in [0.2, 0.25) is 11.7 Å². The van der Waals surface area contributed by atoms with E-state index in [2.05, 4.69) is 27.1 Å². The molecular weight excluding hydrogens is 278 g/mol. The van der Waals surface area contributed by atoms with Crippen molar-refractivity contribution in [3.05, 3.63) is 34.8 Å². The van der Waals surface area contributed by atoms with Crippen LogP contribution in [0.15, 0.2) is 28.7 Å². The molecule has 2 aromatic heterocycles. The minimum atomic E-state index is -0.206. The molecule has 0 saturated heterocycles. The molecule has 0 unspecified atom stereocenters. The van der Waals surface area contributed by atoms with E-state index >= 15 is 0 Å². The summed E-state index contributed by atoms with van der Waals surface area (Å²) in [5.41, 5.74) is 0.602. The highest BCUT2D eigenvalue weighted by Crippen LogP contribution is 2.17. The minimum Gasteiger partial charge on any atom is -0.352 e. The lowest BCUT2D eigenvalue weighted by molar-refractivity contribution is -0.118. The number of amides is 1. The van der Waals surface area contributed by atoms with E-state index in [1.165, 1.54) is 17.8 Å². The van der Waals surface area contributed by atoms with E-state index in [4.69, 9.17) is 0 Å². The van der Waals surface area contributed by atoms with Gasteiger partial charge in [0, 0.05) is 18.3 Å². The molecule has 1 amide bonds. The second-order valence-corrected chi connectivity index (χ2v) is 4.94. The quantitative estimate of drug-likeness (QED) is 0.593. The maximum absolute atomic E-state index is 11.5. The number of carbonyl (C=O) groups excluding carboxylic acids is 1. The summed E-state index contributed by atoms with van der Waals surface area (Å²) < 4.78 is 1.76. The summed E-state index contributed by atoms with van der Waals surface area (Å²) in [7, 11) is 0. The van der Waals surface area contributed by atoms with Gasteiger partial charge in [0.25, 0.3) is 5.56 Å². The number of hydrogen-bond donors (Lipinski definition) is 2. The lowest BCUT2D eigenvalue weighted by atomic mass is 10.3. The van der Waals surface area contributed by atoms with Gasteiger partial charge in [-0.15, -0.1) is 16.8 Å². The zero-order valence-corrected chi connectivity index (χ0v) is 11.9. The normalized spacial score (nSPS) is 10.7. The Hall–Kier alpha value is -2.09. The Morgan fingerprint density at radius 3 is 3.10 bits per heavy atom. The molecule has 7 nitrogen and oxygen atoms in total. The van der Waals surface area contributed by atoms with E-state index in [1.54, 1.807) is 10.5 Å². The molecule has 0 bridgehead atoms. The minimum absolute atomic E-state index is 0.103. The summed E-state index contributed by atoms with van der Waals surface area (Å²) in [6, 6.07) is 1.51. The van der Waals surface area contributed by atoms with Crippen LogP contribution in [0.5, 0.6) is 0 Å². The molecule has 0 aliphatic heterocycles. The number of aryl methyl sites for hydroxylation is 1. The van der Waals surface area contributed by atoms with Gasteiger partial charge in [-0.05, 0) is 6.42 Å². The fourth-order valence-corrected chi connectivity index (χ4v) is 2.49. The molecule has 20 heavy (non-hydrogen) atoms. The average Bonchev–Trinajstić information content (AvgIpc) is 2.84. The van der Waals surface area contributed by atoms with Gasteiger partial charge in [-0.25, -0.2) is 0 Å². The first-order valence-corrected chi connectivity index (χ1v) is 7.12. The molecule has 106 valence electrons. The monoisotopic (exact) mass is 293 g/mol. The van der Waals surface area contributed by atoms with E-state index < -0.39 is 0 Å². The van der Waals surface area contributed by atoms with E-state index in [9.17, 15) is 9.59 Å². The first-order valence-electron chi connectivity index (χ1n) is 6.13. The maximum Gasteiger partial charge on any atom is 0.252 e. The molecule has 8 heteroatoms. The van der Waals surface area contributed by atoms with Crippen LogP contribution in [0.25, 0.3) is 5.78 Å².